The van der Waals surface area contributed by atoms with Crippen molar-refractivity contribution in [3.05, 3.63) is 18.1 Å². The quantitative estimate of drug-likeness (QED) is 0.697. The highest BCUT2D eigenvalue weighted by Crippen LogP contribution is 2.29. The average Bonchev–Trinajstić information content (AvgIpc) is 3.09. The van der Waals surface area contributed by atoms with E-state index in [0.717, 1.165) is 0 Å². The molecule has 0 unspecified atom stereocenters. The van der Waals surface area contributed by atoms with E-state index in [-0.39, 0.29) is 12.5 Å². The molecule has 0 aromatic carbocycles. The van der Waals surface area contributed by atoms with E-state index >= 15 is 0 Å². The van der Waals surface area contributed by atoms with Crippen molar-refractivity contribution in [3.63, 3.8) is 0 Å². The van der Waals surface area contributed by atoms with Crippen molar-refractivity contribution in [2.75, 3.05) is 20.5 Å². The minimum atomic E-state index is -0.488. The highest BCUT2D eigenvalue weighted by atomic mass is 19.1. The average molecular weight is 227 g/mol. The standard InChI is InChI=1S/C11H14FNO3/c1-14-7-16-10-5-13-11(4-9(10)12)15-6-8-2-3-8/h4-5,8H,2-3,6-7H2,1H3. The van der Waals surface area contributed by atoms with Crippen LogP contribution < -0.4 is 9.47 Å². The molecule has 0 spiro atoms. The van der Waals surface area contributed by atoms with Gasteiger partial charge in [0.2, 0.25) is 5.88 Å². The van der Waals surface area contributed by atoms with Crippen molar-refractivity contribution in [3.8, 4) is 11.6 Å². The van der Waals surface area contributed by atoms with Gasteiger partial charge in [-0.25, -0.2) is 9.37 Å². The number of hydrogen-bond acceptors (Lipinski definition) is 4. The third kappa shape index (κ3) is 3.06. The Morgan fingerprint density at radius 1 is 1.44 bits per heavy atom. The summed E-state index contributed by atoms with van der Waals surface area (Å²) in [6.07, 6.45) is 3.69. The minimum absolute atomic E-state index is 0.000871. The number of methoxy groups -OCH3 is 1. The van der Waals surface area contributed by atoms with E-state index in [1.807, 2.05) is 0 Å². The summed E-state index contributed by atoms with van der Waals surface area (Å²) < 4.78 is 28.4. The lowest BCUT2D eigenvalue weighted by molar-refractivity contribution is 0.0478. The SMILES string of the molecule is COCOc1cnc(OCC2CC2)cc1F. The first-order valence-electron chi connectivity index (χ1n) is 5.19. The molecule has 1 aliphatic rings. The van der Waals surface area contributed by atoms with E-state index in [0.29, 0.717) is 18.4 Å². The van der Waals surface area contributed by atoms with Crippen molar-refractivity contribution in [1.29, 1.82) is 0 Å². The molecule has 1 saturated carbocycles. The number of hydrogen-bond donors (Lipinski definition) is 0. The summed E-state index contributed by atoms with van der Waals surface area (Å²) in [4.78, 5) is 3.95. The maximum absolute atomic E-state index is 13.4. The topological polar surface area (TPSA) is 40.6 Å². The fourth-order valence-electron chi connectivity index (χ4n) is 1.20. The van der Waals surface area contributed by atoms with Gasteiger partial charge in [-0.15, -0.1) is 0 Å². The second-order valence-electron chi connectivity index (χ2n) is 3.76. The fourth-order valence-corrected chi connectivity index (χ4v) is 1.20. The van der Waals surface area contributed by atoms with Gasteiger partial charge < -0.3 is 14.2 Å². The summed E-state index contributed by atoms with van der Waals surface area (Å²) in [5.41, 5.74) is 0. The van der Waals surface area contributed by atoms with E-state index in [4.69, 9.17) is 9.47 Å². The zero-order valence-electron chi connectivity index (χ0n) is 9.11. The maximum atomic E-state index is 13.4. The van der Waals surface area contributed by atoms with Crippen molar-refractivity contribution in [2.24, 2.45) is 5.92 Å². The van der Waals surface area contributed by atoms with E-state index in [2.05, 4.69) is 9.72 Å². The second kappa shape index (κ2) is 5.12. The summed E-state index contributed by atoms with van der Waals surface area (Å²) in [6, 6.07) is 1.23. The summed E-state index contributed by atoms with van der Waals surface area (Å²) in [6.45, 7) is 0.617. The number of nitrogens with zero attached hydrogens (tertiary/aromatic N) is 1. The normalized spacial score (nSPS) is 14.9. The molecule has 0 amide bonds. The summed E-state index contributed by atoms with van der Waals surface area (Å²) >= 11 is 0. The molecule has 1 heterocycles. The molecule has 16 heavy (non-hydrogen) atoms. The Bertz CT molecular complexity index is 355. The molecule has 4 nitrogen and oxygen atoms in total. The van der Waals surface area contributed by atoms with Gasteiger partial charge in [0.1, 0.15) is 0 Å². The monoisotopic (exact) mass is 227 g/mol. The molecule has 0 bridgehead atoms. The predicted octanol–water partition coefficient (Wildman–Crippen LogP) is 1.99. The lowest BCUT2D eigenvalue weighted by Crippen LogP contribution is -2.04. The van der Waals surface area contributed by atoms with E-state index < -0.39 is 5.82 Å². The van der Waals surface area contributed by atoms with Crippen molar-refractivity contribution >= 4 is 0 Å². The van der Waals surface area contributed by atoms with Crippen LogP contribution in [0.15, 0.2) is 12.3 Å². The van der Waals surface area contributed by atoms with Gasteiger partial charge in [0.05, 0.1) is 12.8 Å². The van der Waals surface area contributed by atoms with Crippen LogP contribution in [0.25, 0.3) is 0 Å². The molecular formula is C11H14FNO3. The predicted molar refractivity (Wildman–Crippen MR) is 54.9 cm³/mol. The number of rotatable bonds is 6. The molecule has 2 rings (SSSR count). The van der Waals surface area contributed by atoms with Crippen molar-refractivity contribution in [2.45, 2.75) is 12.8 Å². The molecule has 1 aromatic heterocycles. The first-order valence-corrected chi connectivity index (χ1v) is 5.19. The molecule has 0 atom stereocenters. The van der Waals surface area contributed by atoms with Crippen molar-refractivity contribution < 1.29 is 18.6 Å². The molecule has 0 aliphatic heterocycles. The number of aromatic nitrogens is 1. The molecular weight excluding hydrogens is 213 g/mol. The highest BCUT2D eigenvalue weighted by Gasteiger charge is 2.22. The van der Waals surface area contributed by atoms with Crippen molar-refractivity contribution in [1.82, 2.24) is 4.98 Å². The van der Waals surface area contributed by atoms with Gasteiger partial charge in [-0.1, -0.05) is 0 Å². The highest BCUT2D eigenvalue weighted by molar-refractivity contribution is 5.25. The molecule has 1 aliphatic carbocycles. The van der Waals surface area contributed by atoms with E-state index in [1.165, 1.54) is 32.2 Å². The lowest BCUT2D eigenvalue weighted by Gasteiger charge is -2.07. The first-order chi connectivity index (χ1) is 7.79. The molecule has 0 N–H and O–H groups in total. The minimum Gasteiger partial charge on any atom is -0.477 e. The van der Waals surface area contributed by atoms with Crippen LogP contribution in [0.4, 0.5) is 4.39 Å². The van der Waals surface area contributed by atoms with Crippen LogP contribution >= 0.6 is 0 Å². The molecule has 5 heteroatoms. The van der Waals surface area contributed by atoms with Gasteiger partial charge in [-0.05, 0) is 18.8 Å². The van der Waals surface area contributed by atoms with Gasteiger partial charge in [-0.3, -0.25) is 0 Å². The Balaban J connectivity index is 1.91. The third-order valence-electron chi connectivity index (χ3n) is 2.29. The van der Waals surface area contributed by atoms with Gasteiger partial charge in [0.15, 0.2) is 18.4 Å². The summed E-state index contributed by atoms with van der Waals surface area (Å²) in [5.74, 6) is 0.502. The number of pyridine rings is 1. The Morgan fingerprint density at radius 3 is 2.88 bits per heavy atom. The lowest BCUT2D eigenvalue weighted by atomic mass is 10.4. The van der Waals surface area contributed by atoms with E-state index in [9.17, 15) is 4.39 Å². The van der Waals surface area contributed by atoms with Gasteiger partial charge in [-0.2, -0.15) is 0 Å². The van der Waals surface area contributed by atoms with Crippen LogP contribution in [0, 0.1) is 11.7 Å². The van der Waals surface area contributed by atoms with Crippen LogP contribution in [0.3, 0.4) is 0 Å². The maximum Gasteiger partial charge on any atom is 0.216 e. The zero-order chi connectivity index (χ0) is 11.4. The van der Waals surface area contributed by atoms with Gasteiger partial charge in [0.25, 0.3) is 0 Å². The Morgan fingerprint density at radius 2 is 2.25 bits per heavy atom. The largest absolute Gasteiger partial charge is 0.477 e. The first kappa shape index (κ1) is 11.1. The number of halogens is 1. The fraction of sp³-hybridized carbons (Fsp3) is 0.545. The molecule has 0 saturated heterocycles. The smallest absolute Gasteiger partial charge is 0.216 e. The van der Waals surface area contributed by atoms with Crippen LogP contribution in [0.5, 0.6) is 11.6 Å². The second-order valence-corrected chi connectivity index (χ2v) is 3.76. The van der Waals surface area contributed by atoms with Crippen LogP contribution in [-0.2, 0) is 4.74 Å². The van der Waals surface area contributed by atoms with Gasteiger partial charge in [0, 0.05) is 13.2 Å². The zero-order valence-corrected chi connectivity index (χ0v) is 9.11. The van der Waals surface area contributed by atoms with E-state index in [1.54, 1.807) is 0 Å². The van der Waals surface area contributed by atoms with Gasteiger partial charge >= 0.3 is 0 Å². The van der Waals surface area contributed by atoms with Crippen LogP contribution in [0.2, 0.25) is 0 Å². The number of ether oxygens (including phenoxy) is 3. The Hall–Kier alpha value is -1.36. The summed E-state index contributed by atoms with van der Waals surface area (Å²) in [7, 11) is 1.47. The third-order valence-corrected chi connectivity index (χ3v) is 2.29. The molecule has 1 fully saturated rings. The van der Waals surface area contributed by atoms with Crippen LogP contribution in [0.1, 0.15) is 12.8 Å². The summed E-state index contributed by atoms with van der Waals surface area (Å²) in [5, 5.41) is 0. The molecule has 1 aromatic rings. The molecule has 0 radical (unpaired) electrons. The van der Waals surface area contributed by atoms with Crippen LogP contribution in [-0.4, -0.2) is 25.5 Å². The Kier molecular flexibility index (Phi) is 3.56. The Labute approximate surface area is 93.3 Å². The molecule has 88 valence electrons.